The second-order valence-electron chi connectivity index (χ2n) is 5.12. The third-order valence-electron chi connectivity index (χ3n) is 3.19. The van der Waals surface area contributed by atoms with Crippen LogP contribution in [0, 0.1) is 6.92 Å². The molecule has 0 aliphatic carbocycles. The summed E-state index contributed by atoms with van der Waals surface area (Å²) in [6, 6.07) is 1.97. The standard InChI is InChI=1S/C13H21N5O2/c1-10-5-13(16-9-15-10)18-3-4-20-11(7-18)6-17(2)8-12(14)19/h5,9,11H,3-4,6-8H2,1-2H3,(H2,14,19)/t11-/m0/s1. The number of primary amides is 1. The molecular formula is C13H21N5O2. The summed E-state index contributed by atoms with van der Waals surface area (Å²) >= 11 is 0. The molecular weight excluding hydrogens is 258 g/mol. The number of carbonyl (C=O) groups is 1. The van der Waals surface area contributed by atoms with E-state index in [0.717, 1.165) is 24.6 Å². The average Bonchev–Trinajstić information content (AvgIpc) is 2.38. The van der Waals surface area contributed by atoms with E-state index < -0.39 is 0 Å². The predicted octanol–water partition coefficient (Wildman–Crippen LogP) is -0.593. The van der Waals surface area contributed by atoms with Crippen LogP contribution in [-0.4, -0.2) is 66.7 Å². The Morgan fingerprint density at radius 2 is 2.40 bits per heavy atom. The zero-order valence-corrected chi connectivity index (χ0v) is 12.0. The molecule has 0 saturated carbocycles. The van der Waals surface area contributed by atoms with Gasteiger partial charge >= 0.3 is 0 Å². The van der Waals surface area contributed by atoms with E-state index in [1.165, 1.54) is 0 Å². The molecule has 7 nitrogen and oxygen atoms in total. The van der Waals surface area contributed by atoms with Crippen LogP contribution in [0.4, 0.5) is 5.82 Å². The van der Waals surface area contributed by atoms with E-state index >= 15 is 0 Å². The molecule has 0 radical (unpaired) electrons. The summed E-state index contributed by atoms with van der Waals surface area (Å²) in [6.07, 6.45) is 1.62. The highest BCUT2D eigenvalue weighted by Gasteiger charge is 2.23. The van der Waals surface area contributed by atoms with Gasteiger partial charge in [-0.3, -0.25) is 9.69 Å². The van der Waals surface area contributed by atoms with Gasteiger partial charge in [-0.05, 0) is 14.0 Å². The Kier molecular flexibility index (Phi) is 4.86. The molecule has 0 aromatic carbocycles. The van der Waals surface area contributed by atoms with Crippen LogP contribution in [0.2, 0.25) is 0 Å². The number of morpholine rings is 1. The molecule has 110 valence electrons. The molecule has 1 amide bonds. The minimum absolute atomic E-state index is 0.0448. The van der Waals surface area contributed by atoms with Crippen molar-refractivity contribution in [2.24, 2.45) is 5.73 Å². The van der Waals surface area contributed by atoms with Crippen LogP contribution in [-0.2, 0) is 9.53 Å². The van der Waals surface area contributed by atoms with E-state index in [-0.39, 0.29) is 18.6 Å². The second kappa shape index (κ2) is 6.62. The van der Waals surface area contributed by atoms with Crippen LogP contribution in [0.1, 0.15) is 5.69 Å². The van der Waals surface area contributed by atoms with E-state index in [9.17, 15) is 4.79 Å². The molecule has 0 unspecified atom stereocenters. The SMILES string of the molecule is Cc1cc(N2CCO[C@@H](CN(C)CC(N)=O)C2)ncn1. The number of ether oxygens (including phenoxy) is 1. The topological polar surface area (TPSA) is 84.6 Å². The van der Waals surface area contributed by atoms with Gasteiger partial charge in [0.05, 0.1) is 19.3 Å². The van der Waals surface area contributed by atoms with E-state index in [4.69, 9.17) is 10.5 Å². The minimum atomic E-state index is -0.327. The normalized spacial score (nSPS) is 19.4. The van der Waals surface area contributed by atoms with Crippen LogP contribution in [0.25, 0.3) is 0 Å². The van der Waals surface area contributed by atoms with Crippen molar-refractivity contribution in [1.29, 1.82) is 0 Å². The number of aryl methyl sites for hydroxylation is 1. The van der Waals surface area contributed by atoms with Crippen molar-refractivity contribution in [2.45, 2.75) is 13.0 Å². The summed E-state index contributed by atoms with van der Waals surface area (Å²) in [5, 5.41) is 0. The lowest BCUT2D eigenvalue weighted by atomic mass is 10.2. The molecule has 1 saturated heterocycles. The summed E-state index contributed by atoms with van der Waals surface area (Å²) in [4.78, 5) is 23.3. The van der Waals surface area contributed by atoms with Gasteiger partial charge in [0.2, 0.25) is 5.91 Å². The van der Waals surface area contributed by atoms with Gasteiger partial charge in [0.1, 0.15) is 12.1 Å². The summed E-state index contributed by atoms with van der Waals surface area (Å²) in [7, 11) is 1.86. The van der Waals surface area contributed by atoms with E-state index in [2.05, 4.69) is 14.9 Å². The third kappa shape index (κ3) is 4.14. The highest BCUT2D eigenvalue weighted by Crippen LogP contribution is 2.15. The maximum absolute atomic E-state index is 10.9. The van der Waals surface area contributed by atoms with Gasteiger partial charge in [-0.15, -0.1) is 0 Å². The maximum Gasteiger partial charge on any atom is 0.231 e. The Balaban J connectivity index is 1.93. The minimum Gasteiger partial charge on any atom is -0.373 e. The molecule has 20 heavy (non-hydrogen) atoms. The lowest BCUT2D eigenvalue weighted by Crippen LogP contribution is -2.48. The quantitative estimate of drug-likeness (QED) is 0.775. The number of rotatable bonds is 5. The van der Waals surface area contributed by atoms with Crippen LogP contribution in [0.3, 0.4) is 0 Å². The highest BCUT2D eigenvalue weighted by molar-refractivity contribution is 5.75. The first-order valence-corrected chi connectivity index (χ1v) is 6.66. The Labute approximate surface area is 118 Å². The number of hydrogen-bond donors (Lipinski definition) is 1. The van der Waals surface area contributed by atoms with Crippen LogP contribution in [0.5, 0.6) is 0 Å². The summed E-state index contributed by atoms with van der Waals surface area (Å²) < 4.78 is 5.73. The fourth-order valence-electron chi connectivity index (χ4n) is 2.33. The third-order valence-corrected chi connectivity index (χ3v) is 3.19. The molecule has 1 aliphatic heterocycles. The lowest BCUT2D eigenvalue weighted by molar-refractivity contribution is -0.119. The van der Waals surface area contributed by atoms with Gasteiger partial charge < -0.3 is 15.4 Å². The first-order valence-electron chi connectivity index (χ1n) is 6.66. The molecule has 1 aromatic rings. The summed E-state index contributed by atoms with van der Waals surface area (Å²) in [5.74, 6) is 0.593. The fraction of sp³-hybridized carbons (Fsp3) is 0.615. The number of amides is 1. The number of carbonyl (C=O) groups excluding carboxylic acids is 1. The van der Waals surface area contributed by atoms with Gasteiger partial charge in [-0.2, -0.15) is 0 Å². The van der Waals surface area contributed by atoms with Crippen molar-refractivity contribution >= 4 is 11.7 Å². The van der Waals surface area contributed by atoms with Crippen molar-refractivity contribution in [3.63, 3.8) is 0 Å². The number of hydrogen-bond acceptors (Lipinski definition) is 6. The summed E-state index contributed by atoms with van der Waals surface area (Å²) in [5.41, 5.74) is 6.13. The number of nitrogens with zero attached hydrogens (tertiary/aromatic N) is 4. The first kappa shape index (κ1) is 14.7. The van der Waals surface area contributed by atoms with Gasteiger partial charge in [-0.1, -0.05) is 0 Å². The number of aromatic nitrogens is 2. The molecule has 7 heteroatoms. The molecule has 2 N–H and O–H groups in total. The van der Waals surface area contributed by atoms with Gasteiger partial charge in [0, 0.05) is 31.4 Å². The van der Waals surface area contributed by atoms with Crippen molar-refractivity contribution in [2.75, 3.05) is 44.7 Å². The van der Waals surface area contributed by atoms with Gasteiger partial charge in [-0.25, -0.2) is 9.97 Å². The lowest BCUT2D eigenvalue weighted by Gasteiger charge is -2.35. The monoisotopic (exact) mass is 279 g/mol. The number of likely N-dealkylation sites (N-methyl/N-ethyl adjacent to an activating group) is 1. The predicted molar refractivity (Wildman–Crippen MR) is 75.4 cm³/mol. The van der Waals surface area contributed by atoms with Crippen LogP contribution >= 0.6 is 0 Å². The van der Waals surface area contributed by atoms with Crippen molar-refractivity contribution in [1.82, 2.24) is 14.9 Å². The Hall–Kier alpha value is -1.73. The first-order chi connectivity index (χ1) is 9.54. The molecule has 2 heterocycles. The molecule has 1 aliphatic rings. The van der Waals surface area contributed by atoms with Crippen LogP contribution in [0.15, 0.2) is 12.4 Å². The molecule has 2 rings (SSSR count). The van der Waals surface area contributed by atoms with E-state index in [1.807, 2.05) is 24.9 Å². The summed E-state index contributed by atoms with van der Waals surface area (Å²) in [6.45, 7) is 5.07. The zero-order chi connectivity index (χ0) is 14.5. The largest absolute Gasteiger partial charge is 0.373 e. The van der Waals surface area contributed by atoms with E-state index in [1.54, 1.807) is 6.33 Å². The fourth-order valence-corrected chi connectivity index (χ4v) is 2.33. The van der Waals surface area contributed by atoms with Gasteiger partial charge in [0.25, 0.3) is 0 Å². The van der Waals surface area contributed by atoms with Crippen molar-refractivity contribution < 1.29 is 9.53 Å². The van der Waals surface area contributed by atoms with Gasteiger partial charge in [0.15, 0.2) is 0 Å². The Morgan fingerprint density at radius 1 is 1.60 bits per heavy atom. The smallest absolute Gasteiger partial charge is 0.231 e. The molecule has 1 fully saturated rings. The average molecular weight is 279 g/mol. The number of nitrogens with two attached hydrogens (primary N) is 1. The Bertz CT molecular complexity index is 468. The second-order valence-corrected chi connectivity index (χ2v) is 5.12. The molecule has 0 spiro atoms. The van der Waals surface area contributed by atoms with Crippen LogP contribution < -0.4 is 10.6 Å². The molecule has 0 bridgehead atoms. The molecule has 1 aromatic heterocycles. The zero-order valence-electron chi connectivity index (χ0n) is 12.0. The van der Waals surface area contributed by atoms with Crippen molar-refractivity contribution in [3.05, 3.63) is 18.1 Å². The Morgan fingerprint density at radius 3 is 3.10 bits per heavy atom. The molecule has 1 atom stereocenters. The highest BCUT2D eigenvalue weighted by atomic mass is 16.5. The van der Waals surface area contributed by atoms with Crippen molar-refractivity contribution in [3.8, 4) is 0 Å². The number of anilines is 1. The maximum atomic E-state index is 10.9. The van der Waals surface area contributed by atoms with E-state index in [0.29, 0.717) is 13.2 Å².